The number of imide groups is 1. The molecule has 0 aliphatic heterocycles. The molecule has 15 heavy (non-hydrogen) atoms. The number of thiophene rings is 1. The van der Waals surface area contributed by atoms with Crippen LogP contribution in [0.4, 0.5) is 4.79 Å². The summed E-state index contributed by atoms with van der Waals surface area (Å²) in [5.41, 5.74) is 1.13. The lowest BCUT2D eigenvalue weighted by molar-refractivity contribution is -0.117. The summed E-state index contributed by atoms with van der Waals surface area (Å²) in [5, 5.41) is 6.62. The van der Waals surface area contributed by atoms with Crippen LogP contribution in [0.1, 0.15) is 10.4 Å². The first kappa shape index (κ1) is 12.0. The fourth-order valence-corrected chi connectivity index (χ4v) is 1.86. The number of rotatable bonds is 3. The van der Waals surface area contributed by atoms with Crippen molar-refractivity contribution in [3.8, 4) is 0 Å². The highest BCUT2D eigenvalue weighted by Gasteiger charge is 2.06. The van der Waals surface area contributed by atoms with Crippen LogP contribution < -0.4 is 10.6 Å². The summed E-state index contributed by atoms with van der Waals surface area (Å²) in [6.45, 7) is 2.39. The van der Waals surface area contributed by atoms with Gasteiger partial charge in [-0.25, -0.2) is 4.79 Å². The van der Waals surface area contributed by atoms with Gasteiger partial charge in [0.15, 0.2) is 0 Å². The van der Waals surface area contributed by atoms with E-state index >= 15 is 0 Å². The second-order valence-corrected chi connectivity index (χ2v) is 4.16. The van der Waals surface area contributed by atoms with Crippen LogP contribution in [0.3, 0.4) is 0 Å². The molecule has 0 atom stereocenters. The molecule has 0 unspecified atom stereocenters. The van der Waals surface area contributed by atoms with Crippen LogP contribution in [0.5, 0.6) is 0 Å². The van der Waals surface area contributed by atoms with Crippen molar-refractivity contribution < 1.29 is 9.59 Å². The van der Waals surface area contributed by atoms with Crippen molar-refractivity contribution in [2.45, 2.75) is 13.5 Å². The van der Waals surface area contributed by atoms with E-state index in [1.807, 2.05) is 18.4 Å². The maximum atomic E-state index is 11.1. The number of aryl methyl sites for hydroxylation is 1. The van der Waals surface area contributed by atoms with Gasteiger partial charge in [0.2, 0.25) is 5.91 Å². The second-order valence-electron chi connectivity index (χ2n) is 2.89. The summed E-state index contributed by atoms with van der Waals surface area (Å²) in [6.07, 6.45) is 0. The highest BCUT2D eigenvalue weighted by atomic mass is 35.5. The molecular weight excluding hydrogens is 236 g/mol. The number of carbonyl (C=O) groups is 2. The standard InChI is InChI=1S/C9H11ClN2O2S/c1-6-2-3-15-7(6)5-11-9(14)12-8(13)4-10/h2-3H,4-5H2,1H3,(H2,11,12,13,14). The maximum Gasteiger partial charge on any atom is 0.321 e. The SMILES string of the molecule is Cc1ccsc1CNC(=O)NC(=O)CCl. The van der Waals surface area contributed by atoms with Gasteiger partial charge in [-0.3, -0.25) is 10.1 Å². The number of amides is 3. The van der Waals surface area contributed by atoms with Gasteiger partial charge < -0.3 is 5.32 Å². The Bertz CT molecular complexity index is 365. The lowest BCUT2D eigenvalue weighted by atomic mass is 10.3. The highest BCUT2D eigenvalue weighted by Crippen LogP contribution is 2.14. The first-order valence-corrected chi connectivity index (χ1v) is 5.71. The Kier molecular flexibility index (Phi) is 4.58. The van der Waals surface area contributed by atoms with Crippen LogP contribution in [0, 0.1) is 6.92 Å². The van der Waals surface area contributed by atoms with E-state index in [1.54, 1.807) is 11.3 Å². The normalized spacial score (nSPS) is 9.73. The van der Waals surface area contributed by atoms with Gasteiger partial charge in [-0.05, 0) is 23.9 Å². The van der Waals surface area contributed by atoms with E-state index in [2.05, 4.69) is 10.6 Å². The molecule has 0 bridgehead atoms. The van der Waals surface area contributed by atoms with E-state index in [0.29, 0.717) is 6.54 Å². The van der Waals surface area contributed by atoms with Crippen LogP contribution in [0.15, 0.2) is 11.4 Å². The Labute approximate surface area is 96.6 Å². The van der Waals surface area contributed by atoms with Crippen molar-refractivity contribution in [3.63, 3.8) is 0 Å². The third-order valence-electron chi connectivity index (χ3n) is 1.75. The van der Waals surface area contributed by atoms with Crippen molar-refractivity contribution in [2.24, 2.45) is 0 Å². The van der Waals surface area contributed by atoms with E-state index in [9.17, 15) is 9.59 Å². The summed E-state index contributed by atoms with van der Waals surface area (Å²) in [4.78, 5) is 22.9. The summed E-state index contributed by atoms with van der Waals surface area (Å²) >= 11 is 6.79. The number of hydrogen-bond donors (Lipinski definition) is 2. The van der Waals surface area contributed by atoms with Crippen LogP contribution in [-0.2, 0) is 11.3 Å². The quantitative estimate of drug-likeness (QED) is 0.797. The summed E-state index contributed by atoms with van der Waals surface area (Å²) in [5.74, 6) is -0.720. The zero-order valence-corrected chi connectivity index (χ0v) is 9.74. The molecule has 0 saturated carbocycles. The van der Waals surface area contributed by atoms with Gasteiger partial charge in [-0.1, -0.05) is 0 Å². The predicted octanol–water partition coefficient (Wildman–Crippen LogP) is 1.62. The number of alkyl halides is 1. The van der Waals surface area contributed by atoms with Crippen LogP contribution >= 0.6 is 22.9 Å². The molecule has 0 radical (unpaired) electrons. The molecule has 0 spiro atoms. The first-order valence-electron chi connectivity index (χ1n) is 4.30. The molecule has 0 fully saturated rings. The van der Waals surface area contributed by atoms with E-state index in [4.69, 9.17) is 11.6 Å². The van der Waals surface area contributed by atoms with Crippen molar-refractivity contribution >= 4 is 34.9 Å². The predicted molar refractivity (Wildman–Crippen MR) is 60.2 cm³/mol. The van der Waals surface area contributed by atoms with Crippen LogP contribution in [0.25, 0.3) is 0 Å². The lowest BCUT2D eigenvalue weighted by Crippen LogP contribution is -2.39. The fourth-order valence-electron chi connectivity index (χ4n) is 0.950. The summed E-state index contributed by atoms with van der Waals surface area (Å²) in [7, 11) is 0. The molecule has 4 nitrogen and oxygen atoms in total. The minimum absolute atomic E-state index is 0.217. The van der Waals surface area contributed by atoms with Crippen molar-refractivity contribution in [3.05, 3.63) is 21.9 Å². The Morgan fingerprint density at radius 3 is 2.80 bits per heavy atom. The first-order chi connectivity index (χ1) is 7.13. The van der Waals surface area contributed by atoms with Gasteiger partial charge in [0.05, 0.1) is 6.54 Å². The van der Waals surface area contributed by atoms with Gasteiger partial charge >= 0.3 is 6.03 Å². The van der Waals surface area contributed by atoms with Gasteiger partial charge in [-0.2, -0.15) is 0 Å². The molecular formula is C9H11ClN2O2S. The van der Waals surface area contributed by atoms with E-state index in [-0.39, 0.29) is 5.88 Å². The Morgan fingerprint density at radius 1 is 1.53 bits per heavy atom. The van der Waals surface area contributed by atoms with Gasteiger partial charge in [0.25, 0.3) is 0 Å². The summed E-state index contributed by atoms with van der Waals surface area (Å²) in [6, 6.07) is 1.46. The van der Waals surface area contributed by atoms with Crippen molar-refractivity contribution in [1.29, 1.82) is 0 Å². The van der Waals surface area contributed by atoms with Crippen molar-refractivity contribution in [1.82, 2.24) is 10.6 Å². The number of urea groups is 1. The fraction of sp³-hybridized carbons (Fsp3) is 0.333. The number of nitrogens with one attached hydrogen (secondary N) is 2. The molecule has 2 N–H and O–H groups in total. The third kappa shape index (κ3) is 3.89. The van der Waals surface area contributed by atoms with Gasteiger partial charge in [0.1, 0.15) is 5.88 Å². The minimum atomic E-state index is -0.520. The molecule has 1 aromatic heterocycles. The molecule has 1 heterocycles. The number of carbonyl (C=O) groups excluding carboxylic acids is 2. The number of hydrogen-bond acceptors (Lipinski definition) is 3. The van der Waals surface area contributed by atoms with Gasteiger partial charge in [-0.15, -0.1) is 22.9 Å². The van der Waals surface area contributed by atoms with Gasteiger partial charge in [0, 0.05) is 4.88 Å². The molecule has 0 aliphatic carbocycles. The number of halogens is 1. The Hall–Kier alpha value is -1.07. The second kappa shape index (κ2) is 5.72. The highest BCUT2D eigenvalue weighted by molar-refractivity contribution is 7.10. The maximum absolute atomic E-state index is 11.1. The average molecular weight is 247 g/mol. The van der Waals surface area contributed by atoms with Crippen LogP contribution in [0.2, 0.25) is 0 Å². The average Bonchev–Trinajstić information content (AvgIpc) is 2.61. The summed E-state index contributed by atoms with van der Waals surface area (Å²) < 4.78 is 0. The van der Waals surface area contributed by atoms with E-state index in [1.165, 1.54) is 0 Å². The van der Waals surface area contributed by atoms with E-state index < -0.39 is 11.9 Å². The Morgan fingerprint density at radius 2 is 2.27 bits per heavy atom. The molecule has 1 rings (SSSR count). The monoisotopic (exact) mass is 246 g/mol. The Balaban J connectivity index is 2.35. The molecule has 82 valence electrons. The zero-order valence-electron chi connectivity index (χ0n) is 8.17. The van der Waals surface area contributed by atoms with Crippen molar-refractivity contribution in [2.75, 3.05) is 5.88 Å². The molecule has 0 saturated heterocycles. The minimum Gasteiger partial charge on any atom is -0.333 e. The smallest absolute Gasteiger partial charge is 0.321 e. The lowest BCUT2D eigenvalue weighted by Gasteiger charge is -2.04. The molecule has 3 amide bonds. The van der Waals surface area contributed by atoms with Crippen LogP contribution in [-0.4, -0.2) is 17.8 Å². The zero-order chi connectivity index (χ0) is 11.3. The van der Waals surface area contributed by atoms with E-state index in [0.717, 1.165) is 10.4 Å². The molecule has 6 heteroatoms. The molecule has 0 aliphatic rings. The molecule has 1 aromatic rings. The topological polar surface area (TPSA) is 58.2 Å². The largest absolute Gasteiger partial charge is 0.333 e. The third-order valence-corrected chi connectivity index (χ3v) is 3.02. The molecule has 0 aromatic carbocycles.